The predicted octanol–water partition coefficient (Wildman–Crippen LogP) is 2.14. The van der Waals surface area contributed by atoms with Gasteiger partial charge in [-0.1, -0.05) is 26.0 Å². The number of fused-ring (bicyclic) bond motifs is 1. The van der Waals surface area contributed by atoms with E-state index in [0.717, 1.165) is 24.3 Å². The maximum Gasteiger partial charge on any atom is 0.119 e. The number of rotatable bonds is 6. The van der Waals surface area contributed by atoms with E-state index < -0.39 is 6.10 Å². The van der Waals surface area contributed by atoms with Crippen molar-refractivity contribution in [3.05, 3.63) is 29.8 Å². The van der Waals surface area contributed by atoms with Crippen LogP contribution in [0.2, 0.25) is 0 Å². The Morgan fingerprint density at radius 1 is 1.45 bits per heavy atom. The van der Waals surface area contributed by atoms with Gasteiger partial charge in [-0.05, 0) is 31.0 Å². The molecule has 4 atom stereocenters. The SMILES string of the molecule is Cc1cccc(OCC(O)CNC2C3CCOC3C2(C)C)c1. The van der Waals surface area contributed by atoms with E-state index in [4.69, 9.17) is 9.47 Å². The molecule has 0 aromatic heterocycles. The van der Waals surface area contributed by atoms with Crippen LogP contribution in [0.4, 0.5) is 0 Å². The number of hydrogen-bond acceptors (Lipinski definition) is 4. The Hall–Kier alpha value is -1.10. The molecule has 2 fully saturated rings. The van der Waals surface area contributed by atoms with Crippen molar-refractivity contribution in [3.63, 3.8) is 0 Å². The minimum absolute atomic E-state index is 0.151. The van der Waals surface area contributed by atoms with Gasteiger partial charge >= 0.3 is 0 Å². The van der Waals surface area contributed by atoms with Crippen LogP contribution < -0.4 is 10.1 Å². The maximum absolute atomic E-state index is 10.1. The third-order valence-electron chi connectivity index (χ3n) is 5.11. The molecule has 4 nitrogen and oxygen atoms in total. The molecule has 0 radical (unpaired) electrons. The average Bonchev–Trinajstić information content (AvgIpc) is 2.92. The Morgan fingerprint density at radius 2 is 2.27 bits per heavy atom. The van der Waals surface area contributed by atoms with Gasteiger partial charge in [-0.15, -0.1) is 0 Å². The molecule has 1 heterocycles. The zero-order valence-corrected chi connectivity index (χ0v) is 13.7. The average molecular weight is 305 g/mol. The van der Waals surface area contributed by atoms with Gasteiger partial charge in [0.05, 0.1) is 6.10 Å². The first kappa shape index (κ1) is 15.8. The highest BCUT2D eigenvalue weighted by atomic mass is 16.5. The van der Waals surface area contributed by atoms with Crippen LogP contribution in [0.15, 0.2) is 24.3 Å². The zero-order valence-electron chi connectivity index (χ0n) is 13.7. The van der Waals surface area contributed by atoms with Crippen molar-refractivity contribution < 1.29 is 14.6 Å². The van der Waals surface area contributed by atoms with Gasteiger partial charge in [0.25, 0.3) is 0 Å². The molecule has 1 saturated heterocycles. The van der Waals surface area contributed by atoms with E-state index >= 15 is 0 Å². The van der Waals surface area contributed by atoms with Crippen molar-refractivity contribution >= 4 is 0 Å². The molecule has 122 valence electrons. The molecule has 4 heteroatoms. The van der Waals surface area contributed by atoms with Crippen molar-refractivity contribution in [1.82, 2.24) is 5.32 Å². The molecule has 0 bridgehead atoms. The molecule has 2 aliphatic rings. The fraction of sp³-hybridized carbons (Fsp3) is 0.667. The number of aryl methyl sites for hydroxylation is 1. The normalized spacial score (nSPS) is 30.5. The predicted molar refractivity (Wildman–Crippen MR) is 86.1 cm³/mol. The minimum Gasteiger partial charge on any atom is -0.491 e. The first-order valence-electron chi connectivity index (χ1n) is 8.21. The molecule has 1 aromatic carbocycles. The smallest absolute Gasteiger partial charge is 0.119 e. The lowest BCUT2D eigenvalue weighted by atomic mass is 9.57. The van der Waals surface area contributed by atoms with E-state index in [-0.39, 0.29) is 5.41 Å². The van der Waals surface area contributed by atoms with Gasteiger partial charge in [-0.3, -0.25) is 0 Å². The van der Waals surface area contributed by atoms with Crippen LogP contribution in [0, 0.1) is 18.3 Å². The highest BCUT2D eigenvalue weighted by Gasteiger charge is 2.58. The van der Waals surface area contributed by atoms with Crippen molar-refractivity contribution in [1.29, 1.82) is 0 Å². The van der Waals surface area contributed by atoms with Crippen LogP contribution in [-0.2, 0) is 4.74 Å². The van der Waals surface area contributed by atoms with Gasteiger partial charge in [-0.2, -0.15) is 0 Å². The summed E-state index contributed by atoms with van der Waals surface area (Å²) in [6.07, 6.45) is 1.00. The molecule has 1 aromatic rings. The number of nitrogens with one attached hydrogen (secondary N) is 1. The van der Waals surface area contributed by atoms with Crippen molar-refractivity contribution in [2.24, 2.45) is 11.3 Å². The Labute approximate surface area is 132 Å². The molecular weight excluding hydrogens is 278 g/mol. The van der Waals surface area contributed by atoms with E-state index in [0.29, 0.717) is 31.2 Å². The monoisotopic (exact) mass is 305 g/mol. The van der Waals surface area contributed by atoms with Gasteiger partial charge in [-0.25, -0.2) is 0 Å². The first-order valence-corrected chi connectivity index (χ1v) is 8.21. The molecule has 4 unspecified atom stereocenters. The van der Waals surface area contributed by atoms with E-state index in [9.17, 15) is 5.11 Å². The zero-order chi connectivity index (χ0) is 15.7. The van der Waals surface area contributed by atoms with Gasteiger partial charge in [0.2, 0.25) is 0 Å². The van der Waals surface area contributed by atoms with E-state index in [2.05, 4.69) is 19.2 Å². The highest BCUT2D eigenvalue weighted by molar-refractivity contribution is 5.27. The summed E-state index contributed by atoms with van der Waals surface area (Å²) >= 11 is 0. The van der Waals surface area contributed by atoms with E-state index in [1.807, 2.05) is 31.2 Å². The summed E-state index contributed by atoms with van der Waals surface area (Å²) in [6.45, 7) is 8.26. The maximum atomic E-state index is 10.1. The summed E-state index contributed by atoms with van der Waals surface area (Å²) in [6, 6.07) is 8.32. The largest absolute Gasteiger partial charge is 0.491 e. The number of ether oxygens (including phenoxy) is 2. The molecule has 1 saturated carbocycles. The van der Waals surface area contributed by atoms with Crippen LogP contribution in [0.1, 0.15) is 25.8 Å². The number of hydrogen-bond donors (Lipinski definition) is 2. The highest BCUT2D eigenvalue weighted by Crippen LogP contribution is 2.51. The summed E-state index contributed by atoms with van der Waals surface area (Å²) in [4.78, 5) is 0. The molecule has 2 N–H and O–H groups in total. The molecule has 0 spiro atoms. The van der Waals surface area contributed by atoms with Gasteiger partial charge in [0.1, 0.15) is 18.5 Å². The lowest BCUT2D eigenvalue weighted by molar-refractivity contribution is -0.114. The lowest BCUT2D eigenvalue weighted by Crippen LogP contribution is -2.66. The molecule has 0 amide bonds. The number of aliphatic hydroxyl groups excluding tert-OH is 1. The van der Waals surface area contributed by atoms with E-state index in [1.54, 1.807) is 0 Å². The second kappa shape index (κ2) is 6.19. The molecular formula is C18H27NO3. The number of aliphatic hydroxyl groups is 1. The van der Waals surface area contributed by atoms with Crippen LogP contribution in [0.25, 0.3) is 0 Å². The lowest BCUT2D eigenvalue weighted by Gasteiger charge is -2.55. The summed E-state index contributed by atoms with van der Waals surface area (Å²) in [5, 5.41) is 13.7. The Morgan fingerprint density at radius 3 is 3.05 bits per heavy atom. The van der Waals surface area contributed by atoms with Crippen molar-refractivity contribution in [3.8, 4) is 5.75 Å². The van der Waals surface area contributed by atoms with Crippen molar-refractivity contribution in [2.45, 2.75) is 45.4 Å². The van der Waals surface area contributed by atoms with Crippen LogP contribution in [0.3, 0.4) is 0 Å². The summed E-state index contributed by atoms with van der Waals surface area (Å²) < 4.78 is 11.5. The van der Waals surface area contributed by atoms with Crippen molar-refractivity contribution in [2.75, 3.05) is 19.8 Å². The number of benzene rings is 1. The fourth-order valence-corrected chi connectivity index (χ4v) is 3.96. The Balaban J connectivity index is 1.44. The minimum atomic E-state index is -0.502. The first-order chi connectivity index (χ1) is 10.5. The van der Waals surface area contributed by atoms with E-state index in [1.165, 1.54) is 0 Å². The fourth-order valence-electron chi connectivity index (χ4n) is 3.96. The molecule has 1 aliphatic carbocycles. The topological polar surface area (TPSA) is 50.7 Å². The van der Waals surface area contributed by atoms with Crippen LogP contribution in [-0.4, -0.2) is 43.1 Å². The second-order valence-electron chi connectivity index (χ2n) is 7.23. The van der Waals surface area contributed by atoms with Gasteiger partial charge < -0.3 is 19.9 Å². The Kier molecular flexibility index (Phi) is 4.44. The quantitative estimate of drug-likeness (QED) is 0.845. The molecule has 3 rings (SSSR count). The third-order valence-corrected chi connectivity index (χ3v) is 5.11. The summed E-state index contributed by atoms with van der Waals surface area (Å²) in [5.41, 5.74) is 1.31. The van der Waals surface area contributed by atoms with Gasteiger partial charge in [0.15, 0.2) is 0 Å². The standard InChI is InChI=1S/C18H27NO3/c1-12-5-4-6-14(9-12)22-11-13(20)10-19-16-15-7-8-21-17(15)18(16,2)3/h4-6,9,13,15-17,19-20H,7-8,10-11H2,1-3H3. The third kappa shape index (κ3) is 3.00. The Bertz CT molecular complexity index is 517. The van der Waals surface area contributed by atoms with Gasteiger partial charge in [0, 0.05) is 30.5 Å². The molecule has 1 aliphatic heterocycles. The molecule has 22 heavy (non-hydrogen) atoms. The van der Waals surface area contributed by atoms with Crippen LogP contribution >= 0.6 is 0 Å². The summed E-state index contributed by atoms with van der Waals surface area (Å²) in [7, 11) is 0. The summed E-state index contributed by atoms with van der Waals surface area (Å²) in [5.74, 6) is 1.41. The van der Waals surface area contributed by atoms with Crippen LogP contribution in [0.5, 0.6) is 5.75 Å². The second-order valence-corrected chi connectivity index (χ2v) is 7.23.